The first kappa shape index (κ1) is 16.3. The van der Waals surface area contributed by atoms with Crippen molar-refractivity contribution in [1.29, 1.82) is 0 Å². The van der Waals surface area contributed by atoms with Crippen molar-refractivity contribution in [2.75, 3.05) is 27.2 Å². The number of nitrogens with zero attached hydrogens (tertiary/aromatic N) is 2. The van der Waals surface area contributed by atoms with E-state index in [4.69, 9.17) is 5.73 Å². The van der Waals surface area contributed by atoms with Crippen LogP contribution in [0.5, 0.6) is 0 Å². The van der Waals surface area contributed by atoms with Gasteiger partial charge in [0.25, 0.3) is 0 Å². The Kier molecular flexibility index (Phi) is 4.60. The van der Waals surface area contributed by atoms with Crippen LogP contribution >= 0.6 is 0 Å². The van der Waals surface area contributed by atoms with E-state index in [2.05, 4.69) is 48.6 Å². The summed E-state index contributed by atoms with van der Waals surface area (Å²) in [5.41, 5.74) is 8.86. The molecule has 1 aromatic rings. The molecule has 0 bridgehead atoms. The molecule has 1 spiro atoms. The molecule has 1 saturated carbocycles. The lowest BCUT2D eigenvalue weighted by Gasteiger charge is -2.41. The second-order valence-corrected chi connectivity index (χ2v) is 7.42. The summed E-state index contributed by atoms with van der Waals surface area (Å²) in [6, 6.07) is 8.54. The van der Waals surface area contributed by atoms with Gasteiger partial charge in [0.05, 0.1) is 0 Å². The van der Waals surface area contributed by atoms with E-state index in [1.807, 2.05) is 4.90 Å². The molecule has 1 atom stereocenters. The van der Waals surface area contributed by atoms with Crippen LogP contribution in [0.2, 0.25) is 0 Å². The minimum Gasteiger partial charge on any atom is -0.334 e. The van der Waals surface area contributed by atoms with Gasteiger partial charge in [-0.2, -0.15) is 0 Å². The van der Waals surface area contributed by atoms with Crippen molar-refractivity contribution < 1.29 is 4.79 Å². The molecule has 2 fully saturated rings. The molecule has 0 aromatic heterocycles. The largest absolute Gasteiger partial charge is 0.334 e. The maximum absolute atomic E-state index is 12.4. The van der Waals surface area contributed by atoms with Crippen LogP contribution in [0.25, 0.3) is 0 Å². The highest BCUT2D eigenvalue weighted by atomic mass is 16.2. The summed E-state index contributed by atoms with van der Waals surface area (Å²) in [5, 5.41) is 3.05. The predicted molar refractivity (Wildman–Crippen MR) is 91.9 cm³/mol. The normalized spacial score (nSPS) is 22.4. The quantitative estimate of drug-likeness (QED) is 0.890. The van der Waals surface area contributed by atoms with Gasteiger partial charge in [-0.15, -0.1) is 0 Å². The smallest absolute Gasteiger partial charge is 0.317 e. The van der Waals surface area contributed by atoms with Gasteiger partial charge in [-0.1, -0.05) is 30.7 Å². The number of likely N-dealkylation sites (tertiary alicyclic amines) is 1. The molecule has 1 aliphatic carbocycles. The maximum atomic E-state index is 12.4. The van der Waals surface area contributed by atoms with Gasteiger partial charge in [-0.25, -0.2) is 4.79 Å². The summed E-state index contributed by atoms with van der Waals surface area (Å²) in [7, 11) is 4.11. The van der Waals surface area contributed by atoms with Crippen LogP contribution in [0.15, 0.2) is 24.3 Å². The van der Waals surface area contributed by atoms with Crippen LogP contribution in [0.3, 0.4) is 0 Å². The van der Waals surface area contributed by atoms with Crippen LogP contribution in [0.1, 0.15) is 30.4 Å². The highest BCUT2D eigenvalue weighted by Crippen LogP contribution is 2.47. The molecule has 2 amide bonds. The topological polar surface area (TPSA) is 61.6 Å². The lowest BCUT2D eigenvalue weighted by molar-refractivity contribution is 0.125. The Morgan fingerprint density at radius 3 is 2.74 bits per heavy atom. The lowest BCUT2D eigenvalue weighted by atomic mass is 9.66. The van der Waals surface area contributed by atoms with Gasteiger partial charge in [0.1, 0.15) is 0 Å². The molecular formula is C18H28N4O. The number of nitrogens with two attached hydrogens (primary N) is 1. The number of amides is 2. The van der Waals surface area contributed by atoms with Crippen LogP contribution < -0.4 is 11.1 Å². The fraction of sp³-hybridized carbons (Fsp3) is 0.611. The summed E-state index contributed by atoms with van der Waals surface area (Å²) < 4.78 is 0. The molecule has 1 heterocycles. The van der Waals surface area contributed by atoms with Crippen molar-refractivity contribution in [2.24, 2.45) is 11.1 Å². The molecule has 1 unspecified atom stereocenters. The standard InChI is InChI=1S/C18H28N4O/c1-21(2)11-15-6-3-5-14(9-15)10-20-17(23)22-12-16(19)18(13-22)7-4-8-18/h3,5-6,9,16H,4,7-8,10-13,19H2,1-2H3,(H,20,23). The maximum Gasteiger partial charge on any atom is 0.317 e. The highest BCUT2D eigenvalue weighted by molar-refractivity contribution is 5.74. The zero-order valence-corrected chi connectivity index (χ0v) is 14.2. The third-order valence-corrected chi connectivity index (χ3v) is 5.28. The molecule has 5 heteroatoms. The van der Waals surface area contributed by atoms with Crippen molar-refractivity contribution in [2.45, 2.75) is 38.4 Å². The predicted octanol–water partition coefficient (Wildman–Crippen LogP) is 1.77. The van der Waals surface area contributed by atoms with Crippen molar-refractivity contribution in [3.8, 4) is 0 Å². The SMILES string of the molecule is CN(C)Cc1cccc(CNC(=O)N2CC(N)C3(CCC3)C2)c1. The van der Waals surface area contributed by atoms with Gasteiger partial charge in [-0.3, -0.25) is 0 Å². The molecule has 1 saturated heterocycles. The first-order valence-electron chi connectivity index (χ1n) is 8.49. The molecule has 2 aliphatic rings. The van der Waals surface area contributed by atoms with Gasteiger partial charge >= 0.3 is 6.03 Å². The van der Waals surface area contributed by atoms with Crippen LogP contribution in [0.4, 0.5) is 4.79 Å². The van der Waals surface area contributed by atoms with E-state index < -0.39 is 0 Å². The van der Waals surface area contributed by atoms with Crippen molar-refractivity contribution in [3.05, 3.63) is 35.4 Å². The Morgan fingerprint density at radius 2 is 2.13 bits per heavy atom. The number of hydrogen-bond donors (Lipinski definition) is 2. The van der Waals surface area contributed by atoms with E-state index in [1.165, 1.54) is 24.8 Å². The van der Waals surface area contributed by atoms with Gasteiger partial charge in [0.15, 0.2) is 0 Å². The Bertz CT molecular complexity index is 568. The van der Waals surface area contributed by atoms with Gasteiger partial charge in [0.2, 0.25) is 0 Å². The second-order valence-electron chi connectivity index (χ2n) is 7.42. The van der Waals surface area contributed by atoms with E-state index >= 15 is 0 Å². The number of benzene rings is 1. The summed E-state index contributed by atoms with van der Waals surface area (Å²) in [5.74, 6) is 0. The summed E-state index contributed by atoms with van der Waals surface area (Å²) in [6.45, 7) is 2.98. The third-order valence-electron chi connectivity index (χ3n) is 5.28. The Balaban J connectivity index is 1.53. The average Bonchev–Trinajstić information content (AvgIpc) is 2.82. The van der Waals surface area contributed by atoms with E-state index in [-0.39, 0.29) is 17.5 Å². The van der Waals surface area contributed by atoms with Crippen molar-refractivity contribution in [1.82, 2.24) is 15.1 Å². The molecule has 1 aliphatic heterocycles. The minimum atomic E-state index is 0.0160. The number of rotatable bonds is 4. The van der Waals surface area contributed by atoms with E-state index in [0.29, 0.717) is 13.1 Å². The molecule has 1 aromatic carbocycles. The molecule has 0 radical (unpaired) electrons. The Labute approximate surface area is 138 Å². The fourth-order valence-electron chi connectivity index (χ4n) is 3.80. The summed E-state index contributed by atoms with van der Waals surface area (Å²) >= 11 is 0. The highest BCUT2D eigenvalue weighted by Gasteiger charge is 2.49. The lowest BCUT2D eigenvalue weighted by Crippen LogP contribution is -2.45. The number of carbonyl (C=O) groups is 1. The Hall–Kier alpha value is -1.59. The zero-order chi connectivity index (χ0) is 16.4. The van der Waals surface area contributed by atoms with Gasteiger partial charge in [-0.05, 0) is 38.1 Å². The fourth-order valence-corrected chi connectivity index (χ4v) is 3.80. The monoisotopic (exact) mass is 316 g/mol. The molecular weight excluding hydrogens is 288 g/mol. The average molecular weight is 316 g/mol. The van der Waals surface area contributed by atoms with Gasteiger partial charge in [0, 0.05) is 37.6 Å². The summed E-state index contributed by atoms with van der Waals surface area (Å²) in [6.07, 6.45) is 3.59. The van der Waals surface area contributed by atoms with Gasteiger partial charge < -0.3 is 20.9 Å². The number of nitrogens with one attached hydrogen (secondary N) is 1. The van der Waals surface area contributed by atoms with E-state index in [0.717, 1.165) is 18.7 Å². The minimum absolute atomic E-state index is 0.0160. The molecule has 126 valence electrons. The van der Waals surface area contributed by atoms with E-state index in [1.54, 1.807) is 0 Å². The van der Waals surface area contributed by atoms with Crippen molar-refractivity contribution in [3.63, 3.8) is 0 Å². The number of carbonyl (C=O) groups excluding carboxylic acids is 1. The second kappa shape index (κ2) is 6.49. The first-order valence-corrected chi connectivity index (χ1v) is 8.49. The van der Waals surface area contributed by atoms with Crippen molar-refractivity contribution >= 4 is 6.03 Å². The first-order chi connectivity index (χ1) is 11.0. The zero-order valence-electron chi connectivity index (χ0n) is 14.2. The summed E-state index contributed by atoms with van der Waals surface area (Å²) in [4.78, 5) is 16.4. The molecule has 5 nitrogen and oxygen atoms in total. The molecule has 23 heavy (non-hydrogen) atoms. The molecule has 3 rings (SSSR count). The molecule has 3 N–H and O–H groups in total. The number of hydrogen-bond acceptors (Lipinski definition) is 3. The number of urea groups is 1. The van der Waals surface area contributed by atoms with E-state index in [9.17, 15) is 4.79 Å². The van der Waals surface area contributed by atoms with Crippen LogP contribution in [-0.2, 0) is 13.1 Å². The van der Waals surface area contributed by atoms with Crippen LogP contribution in [-0.4, -0.2) is 49.1 Å². The third kappa shape index (κ3) is 3.51. The van der Waals surface area contributed by atoms with Crippen LogP contribution in [0, 0.1) is 5.41 Å². The Morgan fingerprint density at radius 1 is 1.39 bits per heavy atom.